The fourth-order valence-electron chi connectivity index (χ4n) is 7.26. The fraction of sp³-hybridized carbons (Fsp3) is 0.625. The largest absolute Gasteiger partial charge is 0.619 e. The van der Waals surface area contributed by atoms with Crippen LogP contribution in [0.25, 0.3) is 5.57 Å². The summed E-state index contributed by atoms with van der Waals surface area (Å²) in [5.74, 6) is 1.03. The van der Waals surface area contributed by atoms with Crippen LogP contribution in [-0.4, -0.2) is 19.1 Å². The molecule has 0 bridgehead atoms. The molecule has 0 spiro atoms. The standard InChI is InChI=1S/C24H31NO5S/c1-23-11-9-18(30-31(27,28)29)14-17(23)5-6-19-21-8-7-20(16-4-3-13-25(26)15-16)24(21,2)12-10-22(19)23/h3-5,7,13,15,18-19,21-22H,6,8-12,14H2,1-2H3,(H,27,28,29)/t18?,19-,21-,22-,23-,24+/m0/s1/i3D,4D,13D,15D. The molecule has 7 heteroatoms. The minimum atomic E-state index is -4.49. The molecule has 0 aliphatic heterocycles. The minimum absolute atomic E-state index is 0.0769. The zero-order valence-corrected chi connectivity index (χ0v) is 18.7. The molecule has 5 rings (SSSR count). The van der Waals surface area contributed by atoms with Crippen LogP contribution < -0.4 is 4.73 Å². The van der Waals surface area contributed by atoms with Gasteiger partial charge < -0.3 is 5.21 Å². The highest BCUT2D eigenvalue weighted by molar-refractivity contribution is 7.80. The number of hydrogen-bond donors (Lipinski definition) is 1. The molecule has 6 atom stereocenters. The molecule has 1 heterocycles. The Hall–Kier alpha value is -1.70. The Morgan fingerprint density at radius 1 is 1.19 bits per heavy atom. The van der Waals surface area contributed by atoms with Gasteiger partial charge in [-0.25, -0.2) is 4.18 Å². The zero-order valence-electron chi connectivity index (χ0n) is 21.8. The third kappa shape index (κ3) is 3.45. The van der Waals surface area contributed by atoms with Gasteiger partial charge in [0.05, 0.1) is 8.85 Å². The van der Waals surface area contributed by atoms with E-state index < -0.39 is 34.9 Å². The molecule has 1 aromatic rings. The number of fused-ring (bicyclic) bond motifs is 5. The van der Waals surface area contributed by atoms with E-state index in [-0.39, 0.29) is 33.1 Å². The second-order valence-corrected chi connectivity index (χ2v) is 11.1. The summed E-state index contributed by atoms with van der Waals surface area (Å²) in [6.07, 6.45) is 7.81. The van der Waals surface area contributed by atoms with Gasteiger partial charge in [-0.2, -0.15) is 13.1 Å². The predicted molar refractivity (Wildman–Crippen MR) is 117 cm³/mol. The van der Waals surface area contributed by atoms with E-state index in [2.05, 4.69) is 19.9 Å². The molecule has 6 nitrogen and oxygen atoms in total. The van der Waals surface area contributed by atoms with Crippen LogP contribution in [0, 0.1) is 33.8 Å². The molecule has 1 unspecified atom stereocenters. The van der Waals surface area contributed by atoms with E-state index >= 15 is 0 Å². The molecule has 2 saturated carbocycles. The van der Waals surface area contributed by atoms with E-state index in [0.717, 1.165) is 37.7 Å². The molecule has 2 fully saturated rings. The third-order valence-corrected chi connectivity index (χ3v) is 9.24. The first-order chi connectivity index (χ1) is 16.3. The molecule has 0 amide bonds. The summed E-state index contributed by atoms with van der Waals surface area (Å²) >= 11 is 0. The summed E-state index contributed by atoms with van der Waals surface area (Å²) in [4.78, 5) is 0. The van der Waals surface area contributed by atoms with Gasteiger partial charge >= 0.3 is 10.4 Å². The number of hydrogen-bond acceptors (Lipinski definition) is 4. The van der Waals surface area contributed by atoms with E-state index in [0.29, 0.717) is 24.7 Å². The van der Waals surface area contributed by atoms with Crippen LogP contribution in [0.1, 0.15) is 69.8 Å². The first-order valence-corrected chi connectivity index (χ1v) is 12.4. The summed E-state index contributed by atoms with van der Waals surface area (Å²) in [6, 6.07) is -0.674. The van der Waals surface area contributed by atoms with Gasteiger partial charge in [0.2, 0.25) is 0 Å². The second kappa shape index (κ2) is 7.15. The highest BCUT2D eigenvalue weighted by atomic mass is 32.3. The summed E-state index contributed by atoms with van der Waals surface area (Å²) in [5.41, 5.74) is 1.77. The molecular formula is C24H31NO5S. The number of aromatic nitrogens is 1. The van der Waals surface area contributed by atoms with E-state index in [1.165, 1.54) is 5.57 Å². The van der Waals surface area contributed by atoms with Crippen molar-refractivity contribution >= 4 is 16.0 Å². The normalized spacial score (nSPS) is 41.5. The van der Waals surface area contributed by atoms with Crippen LogP contribution in [0.2, 0.25) is 0 Å². The molecular weight excluding hydrogens is 414 g/mol. The average molecular weight is 450 g/mol. The summed E-state index contributed by atoms with van der Waals surface area (Å²) < 4.78 is 69.2. The van der Waals surface area contributed by atoms with E-state index in [1.807, 2.05) is 6.08 Å². The van der Waals surface area contributed by atoms with Crippen LogP contribution in [0.4, 0.5) is 0 Å². The van der Waals surface area contributed by atoms with Crippen molar-refractivity contribution in [3.05, 3.63) is 52.9 Å². The fourth-order valence-corrected chi connectivity index (χ4v) is 7.77. The van der Waals surface area contributed by atoms with Gasteiger partial charge in [0, 0.05) is 11.6 Å². The van der Waals surface area contributed by atoms with Crippen molar-refractivity contribution in [2.45, 2.75) is 64.9 Å². The van der Waals surface area contributed by atoms with Crippen molar-refractivity contribution in [1.29, 1.82) is 0 Å². The lowest BCUT2D eigenvalue weighted by Crippen LogP contribution is -2.50. The van der Waals surface area contributed by atoms with Crippen molar-refractivity contribution in [1.82, 2.24) is 0 Å². The maximum atomic E-state index is 12.4. The minimum Gasteiger partial charge on any atom is -0.619 e. The highest BCUT2D eigenvalue weighted by Crippen LogP contribution is 2.66. The number of allylic oxidation sites excluding steroid dienone is 3. The molecule has 168 valence electrons. The Morgan fingerprint density at radius 3 is 2.74 bits per heavy atom. The Balaban J connectivity index is 1.46. The van der Waals surface area contributed by atoms with Crippen molar-refractivity contribution in [2.75, 3.05) is 0 Å². The predicted octanol–water partition coefficient (Wildman–Crippen LogP) is 4.46. The van der Waals surface area contributed by atoms with Crippen LogP contribution in [0.3, 0.4) is 0 Å². The van der Waals surface area contributed by atoms with E-state index in [9.17, 15) is 13.6 Å². The number of nitrogens with zero attached hydrogens (tertiary/aromatic N) is 1. The van der Waals surface area contributed by atoms with Gasteiger partial charge in [-0.1, -0.05) is 31.6 Å². The highest BCUT2D eigenvalue weighted by Gasteiger charge is 2.57. The zero-order chi connectivity index (χ0) is 25.5. The lowest BCUT2D eigenvalue weighted by molar-refractivity contribution is -0.605. The molecule has 31 heavy (non-hydrogen) atoms. The van der Waals surface area contributed by atoms with Crippen molar-refractivity contribution in [3.63, 3.8) is 0 Å². The molecule has 1 N–H and O–H groups in total. The maximum Gasteiger partial charge on any atom is 0.397 e. The van der Waals surface area contributed by atoms with E-state index in [4.69, 9.17) is 14.2 Å². The quantitative estimate of drug-likeness (QED) is 0.318. The lowest BCUT2D eigenvalue weighted by Gasteiger charge is -2.57. The smallest absolute Gasteiger partial charge is 0.397 e. The van der Waals surface area contributed by atoms with Crippen molar-refractivity contribution < 1.29 is 27.4 Å². The molecule has 0 saturated heterocycles. The molecule has 4 aliphatic carbocycles. The summed E-state index contributed by atoms with van der Waals surface area (Å²) in [5, 5.41) is 12.4. The molecule has 0 radical (unpaired) electrons. The first kappa shape index (κ1) is 16.9. The molecule has 4 aliphatic rings. The first-order valence-electron chi connectivity index (χ1n) is 13.0. The van der Waals surface area contributed by atoms with Gasteiger partial charge in [0.15, 0.2) is 12.3 Å². The SMILES string of the molecule is [2H]c1c([2H])c([2H])[n+]([O-])c([2H])c1C1=CC[C@H]2[C@@H]3CC=C4CC(OS(=O)(=O)O)CC[C@]4(C)[C@H]3CC[C@]12C. The van der Waals surface area contributed by atoms with Crippen LogP contribution >= 0.6 is 0 Å². The second-order valence-electron chi connectivity index (χ2n) is 10.1. The topological polar surface area (TPSA) is 90.5 Å². The maximum absolute atomic E-state index is 12.4. The van der Waals surface area contributed by atoms with Crippen LogP contribution in [-0.2, 0) is 14.6 Å². The Bertz CT molecular complexity index is 1240. The third-order valence-electron chi connectivity index (χ3n) is 8.72. The Labute approximate surface area is 190 Å². The van der Waals surface area contributed by atoms with Gasteiger partial charge in [0.1, 0.15) is 2.74 Å². The van der Waals surface area contributed by atoms with E-state index in [1.54, 1.807) is 0 Å². The number of pyridine rings is 1. The van der Waals surface area contributed by atoms with Crippen LogP contribution in [0.15, 0.2) is 42.2 Å². The molecule has 0 aromatic carbocycles. The van der Waals surface area contributed by atoms with Crippen molar-refractivity contribution in [2.24, 2.45) is 28.6 Å². The van der Waals surface area contributed by atoms with Gasteiger partial charge in [-0.05, 0) is 85.1 Å². The lowest BCUT2D eigenvalue weighted by atomic mass is 9.47. The van der Waals surface area contributed by atoms with Gasteiger partial charge in [-0.3, -0.25) is 4.55 Å². The Kier molecular flexibility index (Phi) is 3.89. The average Bonchev–Trinajstić information content (AvgIpc) is 3.13. The monoisotopic (exact) mass is 449 g/mol. The van der Waals surface area contributed by atoms with Crippen molar-refractivity contribution in [3.8, 4) is 0 Å². The summed E-state index contributed by atoms with van der Waals surface area (Å²) in [7, 11) is -4.49. The van der Waals surface area contributed by atoms with Gasteiger partial charge in [-0.15, -0.1) is 0 Å². The molecule has 1 aromatic heterocycles. The summed E-state index contributed by atoms with van der Waals surface area (Å²) in [6.45, 7) is 4.41. The van der Waals surface area contributed by atoms with Crippen LogP contribution in [0.5, 0.6) is 0 Å². The van der Waals surface area contributed by atoms with Gasteiger partial charge in [0.25, 0.3) is 0 Å². The Morgan fingerprint density at radius 2 is 1.97 bits per heavy atom. The number of rotatable bonds is 3.